The van der Waals surface area contributed by atoms with Gasteiger partial charge in [-0.25, -0.2) is 0 Å². The predicted octanol–water partition coefficient (Wildman–Crippen LogP) is 2.95. The van der Waals surface area contributed by atoms with E-state index in [9.17, 15) is 4.79 Å². The Bertz CT molecular complexity index is 502. The molecule has 0 bridgehead atoms. The summed E-state index contributed by atoms with van der Waals surface area (Å²) in [6.45, 7) is 11.5. The van der Waals surface area contributed by atoms with Crippen molar-refractivity contribution in [3.05, 3.63) is 34.9 Å². The van der Waals surface area contributed by atoms with Gasteiger partial charge in [0, 0.05) is 19.0 Å². The van der Waals surface area contributed by atoms with Crippen LogP contribution in [0.1, 0.15) is 43.4 Å². The van der Waals surface area contributed by atoms with Gasteiger partial charge in [0.15, 0.2) is 0 Å². The molecule has 1 fully saturated rings. The van der Waals surface area contributed by atoms with Gasteiger partial charge < -0.3 is 10.1 Å². The topological polar surface area (TPSA) is 38.3 Å². The predicted molar refractivity (Wildman–Crippen MR) is 80.9 cm³/mol. The fourth-order valence-electron chi connectivity index (χ4n) is 2.87. The Kier molecular flexibility index (Phi) is 4.19. The summed E-state index contributed by atoms with van der Waals surface area (Å²) in [4.78, 5) is 12.4. The molecule has 1 aromatic carbocycles. The number of esters is 1. The Hall–Kier alpha value is -1.35. The van der Waals surface area contributed by atoms with Gasteiger partial charge in [0.2, 0.25) is 0 Å². The average molecular weight is 275 g/mol. The molecule has 3 heteroatoms. The van der Waals surface area contributed by atoms with Crippen LogP contribution in [0, 0.1) is 19.8 Å². The number of carbonyl (C=O) groups excluding carboxylic acids is 1. The maximum absolute atomic E-state index is 12.4. The monoisotopic (exact) mass is 275 g/mol. The van der Waals surface area contributed by atoms with Gasteiger partial charge >= 0.3 is 5.97 Å². The van der Waals surface area contributed by atoms with Crippen LogP contribution >= 0.6 is 0 Å². The van der Waals surface area contributed by atoms with Crippen molar-refractivity contribution in [3.8, 4) is 0 Å². The van der Waals surface area contributed by atoms with E-state index in [-0.39, 0.29) is 17.8 Å². The molecule has 0 spiro atoms. The van der Waals surface area contributed by atoms with Crippen LogP contribution in [-0.2, 0) is 9.53 Å². The van der Waals surface area contributed by atoms with Crippen molar-refractivity contribution >= 4 is 5.97 Å². The Morgan fingerprint density at radius 1 is 1.25 bits per heavy atom. The Balaban J connectivity index is 2.21. The zero-order chi connectivity index (χ0) is 14.9. The second-order valence-electron chi connectivity index (χ2n) is 6.76. The number of aryl methyl sites for hydroxylation is 2. The molecule has 0 aromatic heterocycles. The van der Waals surface area contributed by atoms with Gasteiger partial charge in [-0.1, -0.05) is 23.8 Å². The zero-order valence-corrected chi connectivity index (χ0v) is 13.1. The summed E-state index contributed by atoms with van der Waals surface area (Å²) in [7, 11) is 0. The van der Waals surface area contributed by atoms with E-state index in [1.165, 1.54) is 16.7 Å². The van der Waals surface area contributed by atoms with Gasteiger partial charge in [0.25, 0.3) is 0 Å². The van der Waals surface area contributed by atoms with Gasteiger partial charge in [-0.05, 0) is 45.7 Å². The number of carbonyl (C=O) groups is 1. The largest absolute Gasteiger partial charge is 0.460 e. The first-order valence-corrected chi connectivity index (χ1v) is 7.28. The molecule has 1 aromatic rings. The molecular weight excluding hydrogens is 250 g/mol. The van der Waals surface area contributed by atoms with E-state index in [0.29, 0.717) is 6.54 Å². The van der Waals surface area contributed by atoms with Crippen LogP contribution in [0.15, 0.2) is 18.2 Å². The van der Waals surface area contributed by atoms with Crippen molar-refractivity contribution in [1.29, 1.82) is 0 Å². The van der Waals surface area contributed by atoms with Gasteiger partial charge in [-0.2, -0.15) is 0 Å². The molecule has 2 atom stereocenters. The molecule has 110 valence electrons. The van der Waals surface area contributed by atoms with Crippen molar-refractivity contribution in [3.63, 3.8) is 0 Å². The fraction of sp³-hybridized carbons (Fsp3) is 0.588. The van der Waals surface area contributed by atoms with Crippen LogP contribution < -0.4 is 5.32 Å². The fourth-order valence-corrected chi connectivity index (χ4v) is 2.87. The number of nitrogens with one attached hydrogen (secondary N) is 1. The van der Waals surface area contributed by atoms with Gasteiger partial charge in [-0.15, -0.1) is 0 Å². The first kappa shape index (κ1) is 15.0. The smallest absolute Gasteiger partial charge is 0.311 e. The SMILES string of the molecule is Cc1ccc([C@@H]2CNC[C@H]2C(=O)OC(C)(C)C)c(C)c1. The molecule has 0 saturated carbocycles. The third-order valence-electron chi connectivity index (χ3n) is 3.75. The zero-order valence-electron chi connectivity index (χ0n) is 13.1. The van der Waals surface area contributed by atoms with Gasteiger partial charge in [0.05, 0.1) is 5.92 Å². The lowest BCUT2D eigenvalue weighted by Crippen LogP contribution is -2.32. The van der Waals surface area contributed by atoms with Crippen molar-refractivity contribution in [2.24, 2.45) is 5.92 Å². The standard InChI is InChI=1S/C17H25NO2/c1-11-6-7-13(12(2)8-11)14-9-18-10-15(14)16(19)20-17(3,4)5/h6-8,14-15,18H,9-10H2,1-5H3/t14-,15+/m0/s1. The van der Waals surface area contributed by atoms with Crippen LogP contribution in [0.25, 0.3) is 0 Å². The summed E-state index contributed by atoms with van der Waals surface area (Å²) < 4.78 is 5.56. The van der Waals surface area contributed by atoms with E-state index in [1.54, 1.807) is 0 Å². The first-order valence-electron chi connectivity index (χ1n) is 7.28. The maximum Gasteiger partial charge on any atom is 0.311 e. The molecule has 1 saturated heterocycles. The molecule has 1 aliphatic heterocycles. The lowest BCUT2D eigenvalue weighted by Gasteiger charge is -2.25. The van der Waals surface area contributed by atoms with Gasteiger partial charge in [0.1, 0.15) is 5.60 Å². The van der Waals surface area contributed by atoms with Crippen molar-refractivity contribution in [2.45, 2.75) is 46.1 Å². The highest BCUT2D eigenvalue weighted by Crippen LogP contribution is 2.32. The van der Waals surface area contributed by atoms with Crippen LogP contribution in [0.4, 0.5) is 0 Å². The summed E-state index contributed by atoms with van der Waals surface area (Å²) in [5.74, 6) is 0.0357. The summed E-state index contributed by atoms with van der Waals surface area (Å²) in [5.41, 5.74) is 3.35. The van der Waals surface area contributed by atoms with E-state index in [2.05, 4.69) is 37.4 Å². The van der Waals surface area contributed by atoms with E-state index in [0.717, 1.165) is 6.54 Å². The molecular formula is C17H25NO2. The molecule has 2 rings (SSSR count). The normalized spacial score (nSPS) is 22.9. The number of hydrogen-bond acceptors (Lipinski definition) is 3. The highest BCUT2D eigenvalue weighted by Gasteiger charge is 2.37. The Labute approximate surface area is 121 Å². The minimum atomic E-state index is -0.424. The van der Waals surface area contributed by atoms with Crippen molar-refractivity contribution in [2.75, 3.05) is 13.1 Å². The number of ether oxygens (including phenoxy) is 1. The quantitative estimate of drug-likeness (QED) is 0.843. The number of hydrogen-bond donors (Lipinski definition) is 1. The minimum Gasteiger partial charge on any atom is -0.460 e. The highest BCUT2D eigenvalue weighted by atomic mass is 16.6. The molecule has 0 aliphatic carbocycles. The Morgan fingerprint density at radius 3 is 2.55 bits per heavy atom. The third-order valence-corrected chi connectivity index (χ3v) is 3.75. The third kappa shape index (κ3) is 3.40. The summed E-state index contributed by atoms with van der Waals surface area (Å²) >= 11 is 0. The lowest BCUT2D eigenvalue weighted by atomic mass is 9.86. The average Bonchev–Trinajstić information content (AvgIpc) is 2.75. The van der Waals surface area contributed by atoms with Crippen molar-refractivity contribution < 1.29 is 9.53 Å². The summed E-state index contributed by atoms with van der Waals surface area (Å²) in [6.07, 6.45) is 0. The molecule has 0 radical (unpaired) electrons. The van der Waals surface area contributed by atoms with Crippen LogP contribution in [0.3, 0.4) is 0 Å². The summed E-state index contributed by atoms with van der Waals surface area (Å²) in [5, 5.41) is 3.33. The second kappa shape index (κ2) is 5.57. The molecule has 0 unspecified atom stereocenters. The van der Waals surface area contributed by atoms with Crippen LogP contribution in [0.2, 0.25) is 0 Å². The Morgan fingerprint density at radius 2 is 1.95 bits per heavy atom. The molecule has 0 amide bonds. The maximum atomic E-state index is 12.4. The van der Waals surface area contributed by atoms with Crippen LogP contribution in [-0.4, -0.2) is 24.7 Å². The minimum absolute atomic E-state index is 0.0874. The number of benzene rings is 1. The van der Waals surface area contributed by atoms with E-state index in [1.807, 2.05) is 20.8 Å². The summed E-state index contributed by atoms with van der Waals surface area (Å²) in [6, 6.07) is 6.45. The molecule has 1 aliphatic rings. The van der Waals surface area contributed by atoms with E-state index in [4.69, 9.17) is 4.74 Å². The van der Waals surface area contributed by atoms with E-state index >= 15 is 0 Å². The van der Waals surface area contributed by atoms with E-state index < -0.39 is 5.60 Å². The number of rotatable bonds is 2. The molecule has 3 nitrogen and oxygen atoms in total. The first-order chi connectivity index (χ1) is 9.28. The van der Waals surface area contributed by atoms with Crippen LogP contribution in [0.5, 0.6) is 0 Å². The lowest BCUT2D eigenvalue weighted by molar-refractivity contribution is -0.159. The molecule has 1 heterocycles. The van der Waals surface area contributed by atoms with Gasteiger partial charge in [-0.3, -0.25) is 4.79 Å². The highest BCUT2D eigenvalue weighted by molar-refractivity contribution is 5.75. The molecule has 20 heavy (non-hydrogen) atoms. The molecule has 1 N–H and O–H groups in total. The van der Waals surface area contributed by atoms with Crippen molar-refractivity contribution in [1.82, 2.24) is 5.32 Å². The second-order valence-corrected chi connectivity index (χ2v) is 6.76.